The Labute approximate surface area is 72.9 Å². The number of hydrogen-bond donors (Lipinski definition) is 1. The first kappa shape index (κ1) is 8.05. The number of nitrogens with two attached hydrogens (primary N) is 1. The predicted octanol–water partition coefficient (Wildman–Crippen LogP) is 0.489. The Morgan fingerprint density at radius 1 is 1.25 bits per heavy atom. The Bertz CT molecular complexity index is 177. The summed E-state index contributed by atoms with van der Waals surface area (Å²) in [6.07, 6.45) is 6.10. The number of hydrogen-bond acceptors (Lipinski definition) is 2. The van der Waals surface area contributed by atoms with Crippen LogP contribution in [0, 0.1) is 0 Å². The Balaban J connectivity index is 2.10. The molecule has 0 aromatic heterocycles. The van der Waals surface area contributed by atoms with Crippen molar-refractivity contribution in [2.75, 3.05) is 6.54 Å². The molecule has 12 heavy (non-hydrogen) atoms. The largest absolute Gasteiger partial charge is 0.336 e. The highest BCUT2D eigenvalue weighted by Gasteiger charge is 2.38. The summed E-state index contributed by atoms with van der Waals surface area (Å²) < 4.78 is 0. The quantitative estimate of drug-likeness (QED) is 0.619. The fraction of sp³-hybridized carbons (Fsp3) is 0.889. The van der Waals surface area contributed by atoms with E-state index in [0.717, 1.165) is 0 Å². The van der Waals surface area contributed by atoms with Gasteiger partial charge in [-0.1, -0.05) is 0 Å². The molecule has 0 saturated carbocycles. The van der Waals surface area contributed by atoms with E-state index >= 15 is 0 Å². The second-order valence-corrected chi connectivity index (χ2v) is 3.82. The van der Waals surface area contributed by atoms with Gasteiger partial charge in [0.15, 0.2) is 0 Å². The Kier molecular flexibility index (Phi) is 2.05. The van der Waals surface area contributed by atoms with Crippen LogP contribution >= 0.6 is 0 Å². The predicted molar refractivity (Wildman–Crippen MR) is 46.6 cm³/mol. The van der Waals surface area contributed by atoms with Gasteiger partial charge in [-0.3, -0.25) is 4.79 Å². The van der Waals surface area contributed by atoms with E-state index in [0.29, 0.717) is 12.1 Å². The summed E-state index contributed by atoms with van der Waals surface area (Å²) in [5.41, 5.74) is 5.36. The third-order valence-electron chi connectivity index (χ3n) is 3.16. The van der Waals surface area contributed by atoms with Gasteiger partial charge in [-0.05, 0) is 32.1 Å². The smallest absolute Gasteiger partial charge is 0.236 e. The molecule has 0 aliphatic carbocycles. The molecule has 2 aliphatic heterocycles. The Morgan fingerprint density at radius 2 is 1.83 bits per heavy atom. The summed E-state index contributed by atoms with van der Waals surface area (Å²) in [5.74, 6) is 0.155. The maximum atomic E-state index is 11.4. The zero-order chi connectivity index (χ0) is 8.55. The maximum Gasteiger partial charge on any atom is 0.236 e. The van der Waals surface area contributed by atoms with Gasteiger partial charge in [-0.15, -0.1) is 0 Å². The van der Waals surface area contributed by atoms with Crippen LogP contribution in [-0.4, -0.2) is 29.4 Å². The second kappa shape index (κ2) is 3.05. The van der Waals surface area contributed by atoms with Crippen molar-refractivity contribution in [1.82, 2.24) is 4.90 Å². The van der Waals surface area contributed by atoms with Crippen LogP contribution < -0.4 is 5.73 Å². The van der Waals surface area contributed by atoms with Crippen molar-refractivity contribution in [3.63, 3.8) is 0 Å². The Morgan fingerprint density at radius 3 is 2.33 bits per heavy atom. The van der Waals surface area contributed by atoms with Gasteiger partial charge in [-0.2, -0.15) is 0 Å². The lowest BCUT2D eigenvalue weighted by molar-refractivity contribution is -0.133. The molecule has 0 spiro atoms. The molecule has 68 valence electrons. The minimum Gasteiger partial charge on any atom is -0.336 e. The van der Waals surface area contributed by atoms with Gasteiger partial charge in [0.2, 0.25) is 5.91 Å². The van der Waals surface area contributed by atoms with Crippen molar-refractivity contribution < 1.29 is 4.79 Å². The first-order valence-corrected chi connectivity index (χ1v) is 4.84. The average Bonchev–Trinajstić information content (AvgIpc) is 2.35. The van der Waals surface area contributed by atoms with Crippen LogP contribution in [0.2, 0.25) is 0 Å². The first-order chi connectivity index (χ1) is 5.83. The number of amides is 1. The Hall–Kier alpha value is -0.570. The van der Waals surface area contributed by atoms with Crippen molar-refractivity contribution >= 4 is 5.91 Å². The molecule has 2 rings (SSSR count). The minimum absolute atomic E-state index is 0.155. The van der Waals surface area contributed by atoms with E-state index in [-0.39, 0.29) is 12.5 Å². The lowest BCUT2D eigenvalue weighted by Crippen LogP contribution is -2.46. The monoisotopic (exact) mass is 168 g/mol. The van der Waals surface area contributed by atoms with Crippen LogP contribution in [0.4, 0.5) is 0 Å². The molecule has 2 N–H and O–H groups in total. The highest BCUT2D eigenvalue weighted by Crippen LogP contribution is 2.35. The average molecular weight is 168 g/mol. The lowest BCUT2D eigenvalue weighted by Gasteiger charge is -2.34. The van der Waals surface area contributed by atoms with Gasteiger partial charge in [0, 0.05) is 12.1 Å². The number of carbonyl (C=O) groups is 1. The fourth-order valence-corrected chi connectivity index (χ4v) is 2.63. The molecular formula is C9H16N2O. The topological polar surface area (TPSA) is 46.3 Å². The van der Waals surface area contributed by atoms with Gasteiger partial charge in [0.25, 0.3) is 0 Å². The van der Waals surface area contributed by atoms with E-state index in [2.05, 4.69) is 0 Å². The molecule has 0 aromatic rings. The van der Waals surface area contributed by atoms with E-state index < -0.39 is 0 Å². The van der Waals surface area contributed by atoms with Crippen LogP contribution in [0.3, 0.4) is 0 Å². The third kappa shape index (κ3) is 1.12. The molecule has 2 heterocycles. The van der Waals surface area contributed by atoms with E-state index in [1.54, 1.807) is 0 Å². The van der Waals surface area contributed by atoms with Gasteiger partial charge >= 0.3 is 0 Å². The maximum absolute atomic E-state index is 11.4. The second-order valence-electron chi connectivity index (χ2n) is 3.82. The van der Waals surface area contributed by atoms with Crippen LogP contribution in [0.15, 0.2) is 0 Å². The number of carbonyl (C=O) groups excluding carboxylic acids is 1. The highest BCUT2D eigenvalue weighted by molar-refractivity contribution is 5.79. The number of nitrogens with zero attached hydrogens (tertiary/aromatic N) is 1. The molecule has 3 nitrogen and oxygen atoms in total. The van der Waals surface area contributed by atoms with Crippen molar-refractivity contribution in [3.05, 3.63) is 0 Å². The summed E-state index contributed by atoms with van der Waals surface area (Å²) >= 11 is 0. The molecule has 2 bridgehead atoms. The highest BCUT2D eigenvalue weighted by atomic mass is 16.2. The van der Waals surface area contributed by atoms with Crippen LogP contribution in [0.1, 0.15) is 32.1 Å². The molecule has 2 fully saturated rings. The summed E-state index contributed by atoms with van der Waals surface area (Å²) in [6, 6.07) is 1.06. The molecule has 0 radical (unpaired) electrons. The molecule has 3 heteroatoms. The molecule has 2 atom stereocenters. The zero-order valence-corrected chi connectivity index (χ0v) is 7.33. The molecule has 2 unspecified atom stereocenters. The van der Waals surface area contributed by atoms with E-state index in [1.165, 1.54) is 32.1 Å². The fourth-order valence-electron chi connectivity index (χ4n) is 2.63. The molecule has 0 aromatic carbocycles. The van der Waals surface area contributed by atoms with Crippen LogP contribution in [0.5, 0.6) is 0 Å². The van der Waals surface area contributed by atoms with Crippen molar-refractivity contribution in [2.24, 2.45) is 5.73 Å². The molecule has 1 amide bonds. The summed E-state index contributed by atoms with van der Waals surface area (Å²) in [4.78, 5) is 13.5. The third-order valence-corrected chi connectivity index (χ3v) is 3.16. The van der Waals surface area contributed by atoms with E-state index in [4.69, 9.17) is 5.73 Å². The summed E-state index contributed by atoms with van der Waals surface area (Å²) in [6.45, 7) is 0.188. The lowest BCUT2D eigenvalue weighted by atomic mass is 10.0. The van der Waals surface area contributed by atoms with Crippen molar-refractivity contribution in [1.29, 1.82) is 0 Å². The van der Waals surface area contributed by atoms with Gasteiger partial charge in [-0.25, -0.2) is 0 Å². The van der Waals surface area contributed by atoms with E-state index in [9.17, 15) is 4.79 Å². The number of fused-ring (bicyclic) bond motifs is 2. The van der Waals surface area contributed by atoms with Gasteiger partial charge in [0.05, 0.1) is 6.54 Å². The minimum atomic E-state index is 0.155. The zero-order valence-electron chi connectivity index (χ0n) is 7.33. The molecule has 2 saturated heterocycles. The van der Waals surface area contributed by atoms with Crippen LogP contribution in [0.25, 0.3) is 0 Å². The van der Waals surface area contributed by atoms with Crippen molar-refractivity contribution in [2.45, 2.75) is 44.2 Å². The number of piperidine rings is 1. The normalized spacial score (nSPS) is 33.9. The number of rotatable bonds is 1. The van der Waals surface area contributed by atoms with Crippen LogP contribution in [-0.2, 0) is 4.79 Å². The summed E-state index contributed by atoms with van der Waals surface area (Å²) in [5, 5.41) is 0. The first-order valence-electron chi connectivity index (χ1n) is 4.84. The van der Waals surface area contributed by atoms with Gasteiger partial charge in [0.1, 0.15) is 0 Å². The van der Waals surface area contributed by atoms with E-state index in [1.807, 2.05) is 4.90 Å². The SMILES string of the molecule is NCC(=O)N1C2CCCC1CC2. The van der Waals surface area contributed by atoms with Gasteiger partial charge < -0.3 is 10.6 Å². The van der Waals surface area contributed by atoms with Crippen molar-refractivity contribution in [3.8, 4) is 0 Å². The molecular weight excluding hydrogens is 152 g/mol. The standard InChI is InChI=1S/C9H16N2O/c10-6-9(12)11-7-2-1-3-8(11)5-4-7/h7-8H,1-6,10H2. The molecule has 2 aliphatic rings. The summed E-state index contributed by atoms with van der Waals surface area (Å²) in [7, 11) is 0.